The third kappa shape index (κ3) is 3.09. The van der Waals surface area contributed by atoms with E-state index in [0.717, 1.165) is 16.9 Å². The van der Waals surface area contributed by atoms with Gasteiger partial charge in [0.1, 0.15) is 6.04 Å². The van der Waals surface area contributed by atoms with Gasteiger partial charge in [-0.25, -0.2) is 4.79 Å². The average Bonchev–Trinajstić information content (AvgIpc) is 2.48. The number of esters is 1. The summed E-state index contributed by atoms with van der Waals surface area (Å²) in [5, 5.41) is 5.83. The van der Waals surface area contributed by atoms with E-state index in [9.17, 15) is 9.59 Å². The van der Waals surface area contributed by atoms with Crippen LogP contribution in [-0.2, 0) is 9.59 Å². The number of nitrogens with one attached hydrogen (secondary N) is 2. The summed E-state index contributed by atoms with van der Waals surface area (Å²) >= 11 is 0. The number of fused-ring (bicyclic) bond motifs is 1. The molecule has 0 saturated carbocycles. The van der Waals surface area contributed by atoms with Crippen LogP contribution in [0.3, 0.4) is 0 Å². The molecule has 0 aromatic heterocycles. The van der Waals surface area contributed by atoms with Crippen molar-refractivity contribution in [1.82, 2.24) is 0 Å². The van der Waals surface area contributed by atoms with Crippen LogP contribution in [0.4, 0.5) is 11.4 Å². The lowest BCUT2D eigenvalue weighted by Crippen LogP contribution is -2.39. The third-order valence-corrected chi connectivity index (χ3v) is 3.40. The molecule has 1 atom stereocenters. The quantitative estimate of drug-likeness (QED) is 0.675. The molecule has 0 fully saturated rings. The topological polar surface area (TPSA) is 67.4 Å². The molecule has 0 aliphatic carbocycles. The van der Waals surface area contributed by atoms with Crippen molar-refractivity contribution in [2.45, 2.75) is 19.4 Å². The summed E-state index contributed by atoms with van der Waals surface area (Å²) in [6.07, 6.45) is 0.0150. The lowest BCUT2D eigenvalue weighted by molar-refractivity contribution is -0.137. The second kappa shape index (κ2) is 5.89. The van der Waals surface area contributed by atoms with Crippen molar-refractivity contribution in [2.75, 3.05) is 10.6 Å². The zero-order valence-electron chi connectivity index (χ0n) is 12.1. The van der Waals surface area contributed by atoms with Crippen molar-refractivity contribution in [3.8, 4) is 5.75 Å². The van der Waals surface area contributed by atoms with Crippen LogP contribution in [-0.4, -0.2) is 17.9 Å². The third-order valence-electron chi connectivity index (χ3n) is 3.40. The fourth-order valence-corrected chi connectivity index (χ4v) is 2.36. The molecule has 2 aromatic rings. The van der Waals surface area contributed by atoms with Gasteiger partial charge in [0.25, 0.3) is 0 Å². The normalized spacial score (nSPS) is 16.2. The molecular weight excluding hydrogens is 280 g/mol. The summed E-state index contributed by atoms with van der Waals surface area (Å²) in [4.78, 5) is 24.0. The highest BCUT2D eigenvalue weighted by molar-refractivity contribution is 5.97. The standard InChI is InChI=1S/C17H16N2O3/c1-11-5-4-6-12(9-11)18-16(20)10-14-17(21)22-15-8-3-2-7-13(15)19-14/h2-9,14,19H,10H2,1H3,(H,18,20)/t14-/m1/s1. The van der Waals surface area contributed by atoms with E-state index in [0.29, 0.717) is 5.75 Å². The predicted molar refractivity (Wildman–Crippen MR) is 83.9 cm³/mol. The molecule has 0 bridgehead atoms. The van der Waals surface area contributed by atoms with E-state index in [1.807, 2.05) is 43.3 Å². The number of amides is 1. The summed E-state index contributed by atoms with van der Waals surface area (Å²) in [7, 11) is 0. The van der Waals surface area contributed by atoms with E-state index in [1.165, 1.54) is 0 Å². The van der Waals surface area contributed by atoms with E-state index in [-0.39, 0.29) is 12.3 Å². The number of benzene rings is 2. The molecule has 1 aliphatic heterocycles. The Morgan fingerprint density at radius 3 is 2.86 bits per heavy atom. The second-order valence-electron chi connectivity index (χ2n) is 5.24. The molecule has 22 heavy (non-hydrogen) atoms. The fraction of sp³-hybridized carbons (Fsp3) is 0.176. The average molecular weight is 296 g/mol. The minimum Gasteiger partial charge on any atom is -0.423 e. The molecule has 1 aliphatic rings. The van der Waals surface area contributed by atoms with Crippen LogP contribution < -0.4 is 15.4 Å². The van der Waals surface area contributed by atoms with Gasteiger partial charge in [0.05, 0.1) is 12.1 Å². The van der Waals surface area contributed by atoms with E-state index in [1.54, 1.807) is 12.1 Å². The fourth-order valence-electron chi connectivity index (χ4n) is 2.36. The van der Waals surface area contributed by atoms with Gasteiger partial charge < -0.3 is 15.4 Å². The Bertz CT molecular complexity index is 727. The van der Waals surface area contributed by atoms with Crippen molar-refractivity contribution in [3.63, 3.8) is 0 Å². The highest BCUT2D eigenvalue weighted by Crippen LogP contribution is 2.29. The van der Waals surface area contributed by atoms with Gasteiger partial charge in [-0.05, 0) is 36.8 Å². The summed E-state index contributed by atoms with van der Waals surface area (Å²) in [6, 6.07) is 14.0. The summed E-state index contributed by atoms with van der Waals surface area (Å²) < 4.78 is 5.23. The van der Waals surface area contributed by atoms with Gasteiger partial charge >= 0.3 is 5.97 Å². The van der Waals surface area contributed by atoms with E-state index in [2.05, 4.69) is 10.6 Å². The number of ether oxygens (including phenoxy) is 1. The van der Waals surface area contributed by atoms with Crippen molar-refractivity contribution < 1.29 is 14.3 Å². The Labute approximate surface area is 128 Å². The maximum Gasteiger partial charge on any atom is 0.334 e. The van der Waals surface area contributed by atoms with Gasteiger partial charge in [0, 0.05) is 5.69 Å². The number of hydrogen-bond donors (Lipinski definition) is 2. The minimum absolute atomic E-state index is 0.0150. The molecule has 2 N–H and O–H groups in total. The molecule has 3 rings (SSSR count). The number of carbonyl (C=O) groups excluding carboxylic acids is 2. The van der Waals surface area contributed by atoms with Gasteiger partial charge in [-0.3, -0.25) is 4.79 Å². The second-order valence-corrected chi connectivity index (χ2v) is 5.24. The van der Waals surface area contributed by atoms with Crippen molar-refractivity contribution in [2.24, 2.45) is 0 Å². The molecule has 0 saturated heterocycles. The number of aryl methyl sites for hydroxylation is 1. The van der Waals surface area contributed by atoms with Crippen molar-refractivity contribution in [3.05, 3.63) is 54.1 Å². The van der Waals surface area contributed by atoms with Gasteiger partial charge in [-0.15, -0.1) is 0 Å². The van der Waals surface area contributed by atoms with E-state index < -0.39 is 12.0 Å². The van der Waals surface area contributed by atoms with Crippen LogP contribution in [0.15, 0.2) is 48.5 Å². The Hall–Kier alpha value is -2.82. The molecule has 1 amide bonds. The smallest absolute Gasteiger partial charge is 0.334 e. The van der Waals surface area contributed by atoms with Crippen molar-refractivity contribution in [1.29, 1.82) is 0 Å². The Kier molecular flexibility index (Phi) is 3.78. The maximum absolute atomic E-state index is 12.1. The highest BCUT2D eigenvalue weighted by Gasteiger charge is 2.29. The number of rotatable bonds is 3. The number of hydrogen-bond acceptors (Lipinski definition) is 4. The summed E-state index contributed by atoms with van der Waals surface area (Å²) in [6.45, 7) is 1.95. The Morgan fingerprint density at radius 2 is 2.05 bits per heavy atom. The molecule has 5 heteroatoms. The van der Waals surface area contributed by atoms with E-state index >= 15 is 0 Å². The molecule has 0 spiro atoms. The lowest BCUT2D eigenvalue weighted by Gasteiger charge is -2.25. The Morgan fingerprint density at radius 1 is 1.23 bits per heavy atom. The molecular formula is C17H16N2O3. The number of carbonyl (C=O) groups is 2. The first kappa shape index (κ1) is 14.1. The number of para-hydroxylation sites is 2. The van der Waals surface area contributed by atoms with Gasteiger partial charge in [0.15, 0.2) is 5.75 Å². The van der Waals surface area contributed by atoms with Crippen LogP contribution >= 0.6 is 0 Å². The molecule has 112 valence electrons. The Balaban J connectivity index is 1.66. The number of anilines is 2. The van der Waals surface area contributed by atoms with Gasteiger partial charge in [-0.1, -0.05) is 24.3 Å². The van der Waals surface area contributed by atoms with Crippen LogP contribution in [0.5, 0.6) is 5.75 Å². The molecule has 0 unspecified atom stereocenters. The summed E-state index contributed by atoms with van der Waals surface area (Å²) in [5.74, 6) is -0.194. The van der Waals surface area contributed by atoms with Gasteiger partial charge in [-0.2, -0.15) is 0 Å². The zero-order valence-corrected chi connectivity index (χ0v) is 12.1. The van der Waals surface area contributed by atoms with Crippen LogP contribution in [0, 0.1) is 6.92 Å². The largest absolute Gasteiger partial charge is 0.423 e. The van der Waals surface area contributed by atoms with Crippen LogP contribution in [0.1, 0.15) is 12.0 Å². The first-order valence-electron chi connectivity index (χ1n) is 7.05. The van der Waals surface area contributed by atoms with Crippen LogP contribution in [0.25, 0.3) is 0 Å². The predicted octanol–water partition coefficient (Wildman–Crippen LogP) is 2.72. The lowest BCUT2D eigenvalue weighted by atomic mass is 10.1. The maximum atomic E-state index is 12.1. The monoisotopic (exact) mass is 296 g/mol. The molecule has 2 aromatic carbocycles. The SMILES string of the molecule is Cc1cccc(NC(=O)C[C@H]2Nc3ccccc3OC2=O)c1. The molecule has 5 nitrogen and oxygen atoms in total. The highest BCUT2D eigenvalue weighted by atomic mass is 16.5. The van der Waals surface area contributed by atoms with Crippen molar-refractivity contribution >= 4 is 23.3 Å². The minimum atomic E-state index is -0.681. The first-order chi connectivity index (χ1) is 10.6. The van der Waals surface area contributed by atoms with E-state index in [4.69, 9.17) is 4.74 Å². The zero-order chi connectivity index (χ0) is 15.5. The van der Waals surface area contributed by atoms with Crippen LogP contribution in [0.2, 0.25) is 0 Å². The first-order valence-corrected chi connectivity index (χ1v) is 7.05. The molecule has 0 radical (unpaired) electrons. The molecule has 1 heterocycles. The summed E-state index contributed by atoms with van der Waals surface area (Å²) in [5.41, 5.74) is 2.49. The van der Waals surface area contributed by atoms with Gasteiger partial charge in [0.2, 0.25) is 5.91 Å².